The number of hydrogen-bond donors (Lipinski definition) is 0. The second-order valence-corrected chi connectivity index (χ2v) is 17.2. The first-order valence-corrected chi connectivity index (χ1v) is 20.2. The lowest BCUT2D eigenvalue weighted by Gasteiger charge is -2.50. The molecule has 1 nitrogen and oxygen atoms in total. The van der Waals surface area contributed by atoms with Gasteiger partial charge in [-0.2, -0.15) is 0 Å². The molecule has 1 aromatic carbocycles. The third kappa shape index (κ3) is 4.69. The summed E-state index contributed by atoms with van der Waals surface area (Å²) in [5.74, 6) is 4.72. The van der Waals surface area contributed by atoms with Crippen molar-refractivity contribution in [1.82, 2.24) is 4.90 Å². The van der Waals surface area contributed by atoms with Crippen LogP contribution in [-0.2, 0) is 5.41 Å². The second kappa shape index (κ2) is 12.3. The van der Waals surface area contributed by atoms with Crippen LogP contribution >= 0.6 is 11.8 Å². The number of rotatable bonds is 5. The van der Waals surface area contributed by atoms with Gasteiger partial charge in [-0.15, -0.1) is 11.8 Å². The first kappa shape index (κ1) is 29.2. The van der Waals surface area contributed by atoms with Gasteiger partial charge in [0, 0.05) is 38.9 Å². The number of fused-ring (bicyclic) bond motifs is 6. The summed E-state index contributed by atoms with van der Waals surface area (Å²) in [7, 11) is 0. The molecule has 0 radical (unpaired) electrons. The number of allylic oxidation sites excluding steroid dienone is 9. The van der Waals surface area contributed by atoms with Gasteiger partial charge in [0.05, 0.1) is 0 Å². The predicted octanol–water partition coefficient (Wildman–Crippen LogP) is 11.7. The molecule has 0 spiro atoms. The highest BCUT2D eigenvalue weighted by Gasteiger charge is 2.64. The largest absolute Gasteiger partial charge is 0.345 e. The van der Waals surface area contributed by atoms with Crippen molar-refractivity contribution >= 4 is 11.8 Å². The molecular formula is C43H55NS. The van der Waals surface area contributed by atoms with E-state index in [1.165, 1.54) is 116 Å². The minimum Gasteiger partial charge on any atom is -0.345 e. The summed E-state index contributed by atoms with van der Waals surface area (Å²) in [6.07, 6.45) is 40.2. The summed E-state index contributed by atoms with van der Waals surface area (Å²) < 4.78 is 0. The lowest BCUT2D eigenvalue weighted by atomic mass is 9.53. The SMILES string of the molecule is C1=CCC(N(C2=CCCCC2)C2=C3SC4CCC=C(C5(c6ccccc6)C6CCC=CC6C6CCCCC65)C4C3CCC2)CC1. The van der Waals surface area contributed by atoms with E-state index in [1.807, 2.05) is 10.5 Å². The van der Waals surface area contributed by atoms with Crippen molar-refractivity contribution in [2.24, 2.45) is 35.5 Å². The fourth-order valence-electron chi connectivity index (χ4n) is 12.5. The Hall–Kier alpha value is -1.93. The van der Waals surface area contributed by atoms with Crippen molar-refractivity contribution in [2.75, 3.05) is 0 Å². The maximum Gasteiger partial charge on any atom is 0.0373 e. The smallest absolute Gasteiger partial charge is 0.0373 e. The Balaban J connectivity index is 1.18. The molecule has 8 aliphatic rings. The lowest BCUT2D eigenvalue weighted by molar-refractivity contribution is 0.177. The highest BCUT2D eigenvalue weighted by atomic mass is 32.2. The number of benzene rings is 1. The molecule has 1 aliphatic heterocycles. The summed E-state index contributed by atoms with van der Waals surface area (Å²) in [6, 6.07) is 12.9. The van der Waals surface area contributed by atoms with E-state index in [0.717, 1.165) is 40.8 Å². The van der Waals surface area contributed by atoms with Gasteiger partial charge in [0.2, 0.25) is 0 Å². The van der Waals surface area contributed by atoms with Crippen molar-refractivity contribution in [3.63, 3.8) is 0 Å². The molecule has 1 saturated heterocycles. The van der Waals surface area contributed by atoms with E-state index in [2.05, 4.69) is 83.4 Å². The normalized spacial score (nSPS) is 40.6. The molecule has 2 saturated carbocycles. The van der Waals surface area contributed by atoms with Gasteiger partial charge < -0.3 is 4.90 Å². The average molecular weight is 618 g/mol. The molecule has 238 valence electrons. The molecule has 2 heteroatoms. The first-order valence-electron chi connectivity index (χ1n) is 19.3. The topological polar surface area (TPSA) is 3.24 Å². The van der Waals surface area contributed by atoms with Gasteiger partial charge in [0.1, 0.15) is 0 Å². The van der Waals surface area contributed by atoms with Crippen LogP contribution < -0.4 is 0 Å². The molecule has 3 fully saturated rings. The van der Waals surface area contributed by atoms with Crippen LogP contribution in [0, 0.1) is 35.5 Å². The highest BCUT2D eigenvalue weighted by molar-refractivity contribution is 8.04. The molecule has 0 bridgehead atoms. The summed E-state index contributed by atoms with van der Waals surface area (Å²) >= 11 is 2.40. The Morgan fingerprint density at radius 1 is 0.711 bits per heavy atom. The van der Waals surface area contributed by atoms with E-state index in [9.17, 15) is 0 Å². The molecule has 9 atom stereocenters. The van der Waals surface area contributed by atoms with E-state index in [4.69, 9.17) is 0 Å². The van der Waals surface area contributed by atoms with Gasteiger partial charge in [0.15, 0.2) is 0 Å². The monoisotopic (exact) mass is 617 g/mol. The fourth-order valence-corrected chi connectivity index (χ4v) is 14.4. The molecule has 0 aromatic heterocycles. The van der Waals surface area contributed by atoms with Crippen LogP contribution in [0.2, 0.25) is 0 Å². The standard InChI is InChI=1S/C43H55NS/c1-4-16-30(17-5-1)43(36-25-12-10-22-33(36)34-23-11-13-26-37(34)43)38-27-15-29-40-41(38)35-24-14-28-39(42(35)45-40)44(31-18-6-2-7-19-31)32-20-8-3-9-21-32/h1-2,4-6,10,16-17,20,22,27,31,33-37,40-41H,3,7-9,11-15,18-19,21,23-26,28-29H2. The van der Waals surface area contributed by atoms with Crippen LogP contribution in [0.25, 0.3) is 0 Å². The molecular weight excluding hydrogens is 563 g/mol. The molecule has 0 amide bonds. The Morgan fingerprint density at radius 2 is 1.62 bits per heavy atom. The molecule has 45 heavy (non-hydrogen) atoms. The van der Waals surface area contributed by atoms with Gasteiger partial charge in [-0.25, -0.2) is 0 Å². The summed E-state index contributed by atoms with van der Waals surface area (Å²) in [5.41, 5.74) is 7.35. The minimum atomic E-state index is 0.235. The molecule has 1 heterocycles. The quantitative estimate of drug-likeness (QED) is 0.302. The second-order valence-electron chi connectivity index (χ2n) is 16.0. The summed E-state index contributed by atoms with van der Waals surface area (Å²) in [4.78, 5) is 4.84. The maximum atomic E-state index is 2.99. The number of thioether (sulfide) groups is 1. The fraction of sp³-hybridized carbons (Fsp3) is 0.628. The van der Waals surface area contributed by atoms with Crippen LogP contribution in [0.5, 0.6) is 0 Å². The Kier molecular flexibility index (Phi) is 7.96. The first-order chi connectivity index (χ1) is 22.4. The predicted molar refractivity (Wildman–Crippen MR) is 191 cm³/mol. The van der Waals surface area contributed by atoms with Crippen LogP contribution in [0.3, 0.4) is 0 Å². The Morgan fingerprint density at radius 3 is 2.49 bits per heavy atom. The zero-order chi connectivity index (χ0) is 29.8. The van der Waals surface area contributed by atoms with Gasteiger partial charge in [-0.05, 0) is 138 Å². The lowest BCUT2D eigenvalue weighted by Crippen LogP contribution is -2.47. The van der Waals surface area contributed by atoms with Crippen molar-refractivity contribution < 1.29 is 0 Å². The molecule has 9 rings (SSSR count). The van der Waals surface area contributed by atoms with Crippen molar-refractivity contribution in [3.05, 3.63) is 94.2 Å². The van der Waals surface area contributed by atoms with Crippen LogP contribution in [0.1, 0.15) is 121 Å². The number of nitrogens with zero attached hydrogens (tertiary/aromatic N) is 1. The molecule has 7 aliphatic carbocycles. The van der Waals surface area contributed by atoms with Crippen LogP contribution in [-0.4, -0.2) is 16.2 Å². The van der Waals surface area contributed by atoms with E-state index in [-0.39, 0.29) is 5.41 Å². The van der Waals surface area contributed by atoms with E-state index >= 15 is 0 Å². The van der Waals surface area contributed by atoms with Crippen molar-refractivity contribution in [1.29, 1.82) is 0 Å². The van der Waals surface area contributed by atoms with Gasteiger partial charge in [0.25, 0.3) is 0 Å². The van der Waals surface area contributed by atoms with Gasteiger partial charge >= 0.3 is 0 Å². The zero-order valence-electron chi connectivity index (χ0n) is 27.6. The van der Waals surface area contributed by atoms with E-state index < -0.39 is 0 Å². The Labute approximate surface area is 277 Å². The third-order valence-corrected chi connectivity index (χ3v) is 15.6. The van der Waals surface area contributed by atoms with Gasteiger partial charge in [-0.3, -0.25) is 0 Å². The van der Waals surface area contributed by atoms with E-state index in [0.29, 0.717) is 6.04 Å². The maximum absolute atomic E-state index is 2.99. The minimum absolute atomic E-state index is 0.235. The van der Waals surface area contributed by atoms with Crippen molar-refractivity contribution in [3.8, 4) is 0 Å². The van der Waals surface area contributed by atoms with Crippen LogP contribution in [0.4, 0.5) is 0 Å². The summed E-state index contributed by atoms with van der Waals surface area (Å²) in [6.45, 7) is 0. The average Bonchev–Trinajstić information content (AvgIpc) is 3.65. The highest BCUT2D eigenvalue weighted by Crippen LogP contribution is 2.70. The van der Waals surface area contributed by atoms with Crippen molar-refractivity contribution in [2.45, 2.75) is 132 Å². The number of hydrogen-bond acceptors (Lipinski definition) is 2. The molecule has 1 aromatic rings. The summed E-state index contributed by atoms with van der Waals surface area (Å²) in [5, 5.41) is 0.771. The van der Waals surface area contributed by atoms with E-state index in [1.54, 1.807) is 17.0 Å². The Bertz CT molecular complexity index is 1410. The van der Waals surface area contributed by atoms with Gasteiger partial charge in [-0.1, -0.05) is 85.2 Å². The molecule has 0 N–H and O–H groups in total. The van der Waals surface area contributed by atoms with Crippen LogP contribution in [0.15, 0.2) is 88.7 Å². The molecule has 9 unspecified atom stereocenters. The zero-order valence-corrected chi connectivity index (χ0v) is 28.4. The third-order valence-electron chi connectivity index (χ3n) is 14.0.